The summed E-state index contributed by atoms with van der Waals surface area (Å²) in [5.74, 6) is 0. The molecule has 104 valence electrons. The minimum Gasteiger partial charge on any atom is -0.236 e. The first-order valence-corrected chi connectivity index (χ1v) is 7.66. The van der Waals surface area contributed by atoms with Gasteiger partial charge >= 0.3 is 0 Å². The lowest BCUT2D eigenvalue weighted by Gasteiger charge is -2.15. The van der Waals surface area contributed by atoms with Crippen LogP contribution < -0.4 is 0 Å². The third kappa shape index (κ3) is 2.90. The van der Waals surface area contributed by atoms with Crippen molar-refractivity contribution in [2.75, 3.05) is 13.6 Å². The number of nitriles is 1. The molecule has 0 aliphatic rings. The van der Waals surface area contributed by atoms with Crippen molar-refractivity contribution in [2.24, 2.45) is 0 Å². The van der Waals surface area contributed by atoms with Crippen LogP contribution in [0.4, 0.5) is 0 Å². The van der Waals surface area contributed by atoms with Gasteiger partial charge < -0.3 is 0 Å². The van der Waals surface area contributed by atoms with Crippen LogP contribution in [0.15, 0.2) is 35.2 Å². The molecule has 0 radical (unpaired) electrons. The standard InChI is InChI=1S/C13H12ClN3O2S/c1-17(8-2-7-15)20(18,19)11-4-5-12-10(9-11)3-6-13(14)16-12/h3-6,9H,2,8H2,1H3. The fourth-order valence-corrected chi connectivity index (χ4v) is 3.11. The molecule has 0 bridgehead atoms. The van der Waals surface area contributed by atoms with E-state index >= 15 is 0 Å². The molecule has 2 aromatic rings. The Morgan fingerprint density at radius 1 is 1.35 bits per heavy atom. The van der Waals surface area contributed by atoms with Crippen molar-refractivity contribution in [1.29, 1.82) is 5.26 Å². The van der Waals surface area contributed by atoms with Gasteiger partial charge in [-0.3, -0.25) is 0 Å². The second-order valence-electron chi connectivity index (χ2n) is 4.22. The number of hydrogen-bond acceptors (Lipinski definition) is 4. The summed E-state index contributed by atoms with van der Waals surface area (Å²) in [7, 11) is -2.14. The summed E-state index contributed by atoms with van der Waals surface area (Å²) in [5, 5.41) is 9.59. The number of nitrogens with zero attached hydrogens (tertiary/aromatic N) is 3. The maximum Gasteiger partial charge on any atom is 0.242 e. The molecule has 5 nitrogen and oxygen atoms in total. The molecule has 1 aromatic carbocycles. The second kappa shape index (κ2) is 5.75. The Kier molecular flexibility index (Phi) is 4.23. The highest BCUT2D eigenvalue weighted by Crippen LogP contribution is 2.21. The van der Waals surface area contributed by atoms with E-state index in [1.807, 2.05) is 6.07 Å². The first-order chi connectivity index (χ1) is 9.45. The topological polar surface area (TPSA) is 74.1 Å². The van der Waals surface area contributed by atoms with Gasteiger partial charge in [0, 0.05) is 25.4 Å². The fraction of sp³-hybridized carbons (Fsp3) is 0.231. The zero-order valence-corrected chi connectivity index (χ0v) is 12.3. The Labute approximate surface area is 122 Å². The summed E-state index contributed by atoms with van der Waals surface area (Å²) < 4.78 is 25.8. The molecular weight excluding hydrogens is 298 g/mol. The van der Waals surface area contributed by atoms with Crippen molar-refractivity contribution in [3.8, 4) is 6.07 Å². The lowest BCUT2D eigenvalue weighted by Crippen LogP contribution is -2.27. The van der Waals surface area contributed by atoms with Crippen molar-refractivity contribution in [1.82, 2.24) is 9.29 Å². The first kappa shape index (κ1) is 14.7. The molecule has 7 heteroatoms. The van der Waals surface area contributed by atoms with E-state index in [4.69, 9.17) is 16.9 Å². The molecule has 0 amide bonds. The monoisotopic (exact) mass is 309 g/mol. The van der Waals surface area contributed by atoms with Gasteiger partial charge in [0.25, 0.3) is 0 Å². The summed E-state index contributed by atoms with van der Waals surface area (Å²) in [6.45, 7) is 0.162. The van der Waals surface area contributed by atoms with Gasteiger partial charge in [0.05, 0.1) is 16.5 Å². The summed E-state index contributed by atoms with van der Waals surface area (Å²) >= 11 is 5.79. The quantitative estimate of drug-likeness (QED) is 0.813. The number of fused-ring (bicyclic) bond motifs is 1. The lowest BCUT2D eigenvalue weighted by atomic mass is 10.2. The van der Waals surface area contributed by atoms with Crippen molar-refractivity contribution in [3.63, 3.8) is 0 Å². The van der Waals surface area contributed by atoms with E-state index in [0.29, 0.717) is 16.1 Å². The zero-order valence-electron chi connectivity index (χ0n) is 10.7. The number of sulfonamides is 1. The Morgan fingerprint density at radius 3 is 2.80 bits per heavy atom. The first-order valence-electron chi connectivity index (χ1n) is 5.85. The van der Waals surface area contributed by atoms with Crippen LogP contribution in [0.3, 0.4) is 0 Å². The van der Waals surface area contributed by atoms with E-state index in [9.17, 15) is 8.42 Å². The van der Waals surface area contributed by atoms with E-state index < -0.39 is 10.0 Å². The van der Waals surface area contributed by atoms with E-state index in [0.717, 1.165) is 0 Å². The zero-order chi connectivity index (χ0) is 14.8. The van der Waals surface area contributed by atoms with Gasteiger partial charge in [-0.15, -0.1) is 0 Å². The molecule has 0 saturated heterocycles. The van der Waals surface area contributed by atoms with Crippen molar-refractivity contribution < 1.29 is 8.42 Å². The largest absolute Gasteiger partial charge is 0.242 e. The van der Waals surface area contributed by atoms with Crippen LogP contribution in [0, 0.1) is 11.3 Å². The third-order valence-corrected chi connectivity index (χ3v) is 4.94. The number of pyridine rings is 1. The van der Waals surface area contributed by atoms with E-state index in [-0.39, 0.29) is 17.9 Å². The van der Waals surface area contributed by atoms with Gasteiger partial charge in [-0.05, 0) is 30.3 Å². The van der Waals surface area contributed by atoms with Gasteiger partial charge in [-0.1, -0.05) is 11.6 Å². The predicted octanol–water partition coefficient (Wildman–Crippen LogP) is 2.42. The average molecular weight is 310 g/mol. The minimum absolute atomic E-state index is 0.153. The van der Waals surface area contributed by atoms with Crippen LogP contribution in [0.25, 0.3) is 10.9 Å². The maximum atomic E-state index is 12.3. The summed E-state index contributed by atoms with van der Waals surface area (Å²) in [5.41, 5.74) is 0.635. The molecular formula is C13H12ClN3O2S. The molecule has 0 atom stereocenters. The Balaban J connectivity index is 2.42. The molecule has 0 saturated carbocycles. The fourth-order valence-electron chi connectivity index (χ4n) is 1.75. The van der Waals surface area contributed by atoms with Crippen LogP contribution in [0.5, 0.6) is 0 Å². The number of rotatable bonds is 4. The highest BCUT2D eigenvalue weighted by Gasteiger charge is 2.20. The van der Waals surface area contributed by atoms with Crippen LogP contribution in [-0.2, 0) is 10.0 Å². The molecule has 0 spiro atoms. The van der Waals surface area contributed by atoms with E-state index in [2.05, 4.69) is 4.98 Å². The van der Waals surface area contributed by atoms with Gasteiger partial charge in [0.1, 0.15) is 5.15 Å². The normalized spacial score (nSPS) is 11.7. The van der Waals surface area contributed by atoms with Crippen molar-refractivity contribution >= 4 is 32.5 Å². The predicted molar refractivity (Wildman–Crippen MR) is 76.8 cm³/mol. The van der Waals surface area contributed by atoms with Gasteiger partial charge in [-0.2, -0.15) is 9.57 Å². The van der Waals surface area contributed by atoms with Crippen molar-refractivity contribution in [3.05, 3.63) is 35.5 Å². The van der Waals surface area contributed by atoms with Crippen LogP contribution in [-0.4, -0.2) is 31.3 Å². The molecule has 0 aliphatic carbocycles. The Hall–Kier alpha value is -1.68. The smallest absolute Gasteiger partial charge is 0.236 e. The molecule has 1 heterocycles. The van der Waals surface area contributed by atoms with Gasteiger partial charge in [0.15, 0.2) is 0 Å². The number of aromatic nitrogens is 1. The Morgan fingerprint density at radius 2 is 2.10 bits per heavy atom. The SMILES string of the molecule is CN(CCC#N)S(=O)(=O)c1ccc2nc(Cl)ccc2c1. The highest BCUT2D eigenvalue weighted by molar-refractivity contribution is 7.89. The van der Waals surface area contributed by atoms with Crippen LogP contribution in [0.1, 0.15) is 6.42 Å². The molecule has 0 unspecified atom stereocenters. The lowest BCUT2D eigenvalue weighted by molar-refractivity contribution is 0.476. The van der Waals surface area contributed by atoms with Gasteiger partial charge in [0.2, 0.25) is 10.0 Å². The maximum absolute atomic E-state index is 12.3. The van der Waals surface area contributed by atoms with Crippen LogP contribution in [0.2, 0.25) is 5.15 Å². The number of hydrogen-bond donors (Lipinski definition) is 0. The molecule has 0 aliphatic heterocycles. The van der Waals surface area contributed by atoms with Crippen molar-refractivity contribution in [2.45, 2.75) is 11.3 Å². The molecule has 1 aromatic heterocycles. The second-order valence-corrected chi connectivity index (χ2v) is 6.66. The van der Waals surface area contributed by atoms with E-state index in [1.165, 1.54) is 17.4 Å². The van der Waals surface area contributed by atoms with Crippen LogP contribution >= 0.6 is 11.6 Å². The molecule has 0 N–H and O–H groups in total. The van der Waals surface area contributed by atoms with Gasteiger partial charge in [-0.25, -0.2) is 13.4 Å². The molecule has 20 heavy (non-hydrogen) atoms. The summed E-state index contributed by atoms with van der Waals surface area (Å²) in [4.78, 5) is 4.28. The molecule has 0 fully saturated rings. The third-order valence-electron chi connectivity index (χ3n) is 2.87. The Bertz CT molecular complexity index is 784. The number of benzene rings is 1. The molecule has 2 rings (SSSR count). The summed E-state index contributed by atoms with van der Waals surface area (Å²) in [6, 6.07) is 9.92. The minimum atomic E-state index is -3.59. The average Bonchev–Trinajstić information content (AvgIpc) is 2.43. The summed E-state index contributed by atoms with van der Waals surface area (Å²) in [6.07, 6.45) is 0.153. The van der Waals surface area contributed by atoms with E-state index in [1.54, 1.807) is 24.3 Å². The number of halogens is 1. The highest BCUT2D eigenvalue weighted by atomic mass is 35.5.